The largest absolute Gasteiger partial charge is 0.497 e. The van der Waals surface area contributed by atoms with Gasteiger partial charge in [0.1, 0.15) is 17.6 Å². The number of benzene rings is 1. The molecule has 1 aromatic heterocycles. The zero-order valence-electron chi connectivity index (χ0n) is 18.5. The van der Waals surface area contributed by atoms with Crippen LogP contribution in [-0.4, -0.2) is 27.4 Å². The number of carbonyl (C=O) groups is 1. The van der Waals surface area contributed by atoms with Gasteiger partial charge in [0.15, 0.2) is 6.10 Å². The van der Waals surface area contributed by atoms with E-state index in [0.717, 1.165) is 17.2 Å². The topological polar surface area (TPSA) is 51.9 Å². The van der Waals surface area contributed by atoms with Crippen LogP contribution in [0.3, 0.4) is 0 Å². The molecule has 1 saturated heterocycles. The van der Waals surface area contributed by atoms with Gasteiger partial charge in [-0.2, -0.15) is 0 Å². The van der Waals surface area contributed by atoms with Crippen LogP contribution in [0.2, 0.25) is 16.6 Å². The molecule has 158 valence electrons. The van der Waals surface area contributed by atoms with Gasteiger partial charge >= 0.3 is 0 Å². The fraction of sp³-hybridized carbons (Fsp3) is 0.522. The number of methoxy groups -OCH3 is 1. The fourth-order valence-corrected chi connectivity index (χ4v) is 10.5. The Labute approximate surface area is 175 Å². The van der Waals surface area contributed by atoms with E-state index in [1.54, 1.807) is 18.3 Å². The lowest BCUT2D eigenvalue weighted by Gasteiger charge is -2.52. The monoisotopic (exact) mass is 415 g/mol. The van der Waals surface area contributed by atoms with Crippen molar-refractivity contribution in [2.24, 2.45) is 0 Å². The van der Waals surface area contributed by atoms with Crippen LogP contribution in [0, 0.1) is 0 Å². The summed E-state index contributed by atoms with van der Waals surface area (Å²) in [6.07, 6.45) is 1.14. The third kappa shape index (κ3) is 3.64. The quantitative estimate of drug-likeness (QED) is 0.396. The molecule has 29 heavy (non-hydrogen) atoms. The summed E-state index contributed by atoms with van der Waals surface area (Å²) in [5.41, 5.74) is 2.04. The molecule has 5 nitrogen and oxygen atoms in total. The standard InChI is InChI=1S/C23H33NO4Si/c1-15(2)29(16(3)4,17(5)6)28-22-21(20-9-8-14-27-20)24(23(22)25)18-10-12-19(26-7)13-11-18/h8-17,21-22H,1-7H3/t21?,22-/m1/s1. The number of rotatable bonds is 8. The average molecular weight is 416 g/mol. The Kier molecular flexibility index (Phi) is 6.24. The first-order valence-electron chi connectivity index (χ1n) is 10.4. The Bertz CT molecular complexity index is 792. The van der Waals surface area contributed by atoms with E-state index in [1.807, 2.05) is 36.4 Å². The summed E-state index contributed by atoms with van der Waals surface area (Å²) < 4.78 is 17.8. The molecule has 2 heterocycles. The zero-order valence-corrected chi connectivity index (χ0v) is 19.5. The average Bonchev–Trinajstić information content (AvgIpc) is 3.19. The predicted molar refractivity (Wildman–Crippen MR) is 118 cm³/mol. The van der Waals surface area contributed by atoms with Gasteiger partial charge in [0, 0.05) is 5.69 Å². The van der Waals surface area contributed by atoms with Crippen LogP contribution >= 0.6 is 0 Å². The van der Waals surface area contributed by atoms with Crippen LogP contribution in [0.15, 0.2) is 47.1 Å². The Morgan fingerprint density at radius 3 is 2.00 bits per heavy atom. The summed E-state index contributed by atoms with van der Waals surface area (Å²) in [5.74, 6) is 1.51. The first-order valence-corrected chi connectivity index (χ1v) is 12.6. The van der Waals surface area contributed by atoms with E-state index in [0.29, 0.717) is 16.6 Å². The number of carbonyl (C=O) groups excluding carboxylic acids is 1. The minimum Gasteiger partial charge on any atom is -0.497 e. The molecule has 1 unspecified atom stereocenters. The zero-order chi connectivity index (χ0) is 21.3. The van der Waals surface area contributed by atoms with E-state index in [9.17, 15) is 4.79 Å². The van der Waals surface area contributed by atoms with Crippen molar-refractivity contribution >= 4 is 19.9 Å². The van der Waals surface area contributed by atoms with E-state index in [2.05, 4.69) is 41.5 Å². The lowest BCUT2D eigenvalue weighted by atomic mass is 9.94. The number of hydrogen-bond donors (Lipinski definition) is 0. The Morgan fingerprint density at radius 2 is 1.55 bits per heavy atom. The molecule has 1 amide bonds. The Morgan fingerprint density at radius 1 is 0.966 bits per heavy atom. The predicted octanol–water partition coefficient (Wildman–Crippen LogP) is 5.94. The lowest BCUT2D eigenvalue weighted by Crippen LogP contribution is -2.65. The number of furan rings is 1. The third-order valence-corrected chi connectivity index (χ3v) is 12.3. The first-order chi connectivity index (χ1) is 13.7. The normalized spacial score (nSPS) is 19.9. The molecular weight excluding hydrogens is 382 g/mol. The second-order valence-corrected chi connectivity index (χ2v) is 14.1. The van der Waals surface area contributed by atoms with Crippen LogP contribution in [0.4, 0.5) is 5.69 Å². The second-order valence-electron chi connectivity index (χ2n) is 8.72. The molecule has 1 fully saturated rings. The highest BCUT2D eigenvalue weighted by Crippen LogP contribution is 2.49. The number of anilines is 1. The molecule has 2 aromatic rings. The van der Waals surface area contributed by atoms with Gasteiger partial charge in [-0.25, -0.2) is 0 Å². The highest BCUT2D eigenvalue weighted by molar-refractivity contribution is 6.77. The molecule has 1 aliphatic rings. The third-order valence-electron chi connectivity index (χ3n) is 6.27. The first kappa shape index (κ1) is 21.7. The van der Waals surface area contributed by atoms with Crippen LogP contribution in [0.5, 0.6) is 5.75 Å². The number of ether oxygens (including phenoxy) is 1. The maximum absolute atomic E-state index is 13.3. The van der Waals surface area contributed by atoms with E-state index in [-0.39, 0.29) is 11.9 Å². The van der Waals surface area contributed by atoms with Crippen molar-refractivity contribution < 1.29 is 18.4 Å². The SMILES string of the molecule is COc1ccc(N2C(=O)[C@H](O[Si](C(C)C)(C(C)C)C(C)C)C2c2ccco2)cc1. The Hall–Kier alpha value is -2.05. The van der Waals surface area contributed by atoms with E-state index >= 15 is 0 Å². The minimum absolute atomic E-state index is 0.00427. The fourth-order valence-electron chi connectivity index (χ4n) is 4.97. The van der Waals surface area contributed by atoms with Crippen molar-refractivity contribution in [1.29, 1.82) is 0 Å². The summed E-state index contributed by atoms with van der Waals surface area (Å²) in [5, 5.41) is 0. The molecular formula is C23H33NO4Si. The summed E-state index contributed by atoms with van der Waals surface area (Å²) in [7, 11) is -0.579. The highest BCUT2D eigenvalue weighted by atomic mass is 28.4. The lowest BCUT2D eigenvalue weighted by molar-refractivity contribution is -0.136. The summed E-state index contributed by atoms with van der Waals surface area (Å²) in [6, 6.07) is 11.1. The Balaban J connectivity index is 1.97. The van der Waals surface area contributed by atoms with Crippen molar-refractivity contribution in [2.75, 3.05) is 12.0 Å². The van der Waals surface area contributed by atoms with E-state index in [1.165, 1.54) is 0 Å². The van der Waals surface area contributed by atoms with Gasteiger partial charge in [-0.15, -0.1) is 0 Å². The summed E-state index contributed by atoms with van der Waals surface area (Å²) >= 11 is 0. The van der Waals surface area contributed by atoms with Gasteiger partial charge in [-0.1, -0.05) is 41.5 Å². The van der Waals surface area contributed by atoms with Crippen molar-refractivity contribution in [3.8, 4) is 5.75 Å². The van der Waals surface area contributed by atoms with Crippen LogP contribution in [0.25, 0.3) is 0 Å². The molecule has 3 rings (SSSR count). The van der Waals surface area contributed by atoms with Gasteiger partial charge in [-0.3, -0.25) is 9.69 Å². The van der Waals surface area contributed by atoms with Crippen molar-refractivity contribution in [3.63, 3.8) is 0 Å². The van der Waals surface area contributed by atoms with Crippen LogP contribution in [-0.2, 0) is 9.22 Å². The molecule has 1 aromatic carbocycles. The molecule has 0 radical (unpaired) electrons. The van der Waals surface area contributed by atoms with Crippen molar-refractivity contribution in [2.45, 2.75) is 70.3 Å². The molecule has 0 bridgehead atoms. The van der Waals surface area contributed by atoms with Gasteiger partial charge in [0.2, 0.25) is 8.32 Å². The molecule has 0 aliphatic carbocycles. The summed E-state index contributed by atoms with van der Waals surface area (Å²) in [4.78, 5) is 15.1. The second kappa shape index (κ2) is 8.36. The van der Waals surface area contributed by atoms with Gasteiger partial charge in [0.05, 0.1) is 13.4 Å². The van der Waals surface area contributed by atoms with Crippen molar-refractivity contribution in [1.82, 2.24) is 0 Å². The molecule has 0 spiro atoms. The van der Waals surface area contributed by atoms with Crippen LogP contribution in [0.1, 0.15) is 53.3 Å². The number of hydrogen-bond acceptors (Lipinski definition) is 4. The maximum atomic E-state index is 13.3. The minimum atomic E-state index is -2.21. The van der Waals surface area contributed by atoms with Gasteiger partial charge in [-0.05, 0) is 53.0 Å². The van der Waals surface area contributed by atoms with Crippen molar-refractivity contribution in [3.05, 3.63) is 48.4 Å². The van der Waals surface area contributed by atoms with Gasteiger partial charge in [0.25, 0.3) is 5.91 Å². The molecule has 0 N–H and O–H groups in total. The van der Waals surface area contributed by atoms with Gasteiger partial charge < -0.3 is 13.6 Å². The summed E-state index contributed by atoms with van der Waals surface area (Å²) in [6.45, 7) is 13.4. The van der Waals surface area contributed by atoms with E-state index in [4.69, 9.17) is 13.6 Å². The number of nitrogens with zero attached hydrogens (tertiary/aromatic N) is 1. The molecule has 1 aliphatic heterocycles. The highest BCUT2D eigenvalue weighted by Gasteiger charge is 2.57. The number of β-lactam (4-membered cyclic amide) rings is 1. The number of amides is 1. The molecule has 6 heteroatoms. The molecule has 0 saturated carbocycles. The van der Waals surface area contributed by atoms with E-state index < -0.39 is 14.4 Å². The maximum Gasteiger partial charge on any atom is 0.258 e. The smallest absolute Gasteiger partial charge is 0.258 e. The molecule has 2 atom stereocenters. The van der Waals surface area contributed by atoms with Crippen LogP contribution < -0.4 is 9.64 Å².